The highest BCUT2D eigenvalue weighted by Crippen LogP contribution is 2.34. The second-order valence-electron chi connectivity index (χ2n) is 5.74. The number of hydrogen-bond acceptors (Lipinski definition) is 5. The molecular formula is C17H19N3O4. The van der Waals surface area contributed by atoms with Crippen LogP contribution in [-0.4, -0.2) is 29.1 Å². The third kappa shape index (κ3) is 2.51. The van der Waals surface area contributed by atoms with Crippen molar-refractivity contribution in [2.45, 2.75) is 32.4 Å². The minimum absolute atomic E-state index is 0.0589. The predicted octanol–water partition coefficient (Wildman–Crippen LogP) is 2.35. The lowest BCUT2D eigenvalue weighted by Gasteiger charge is -2.25. The summed E-state index contributed by atoms with van der Waals surface area (Å²) in [6.45, 7) is 3.71. The Kier molecular flexibility index (Phi) is 4.01. The van der Waals surface area contributed by atoms with Gasteiger partial charge >= 0.3 is 6.03 Å². The Morgan fingerprint density at radius 2 is 2.00 bits per heavy atom. The highest BCUT2D eigenvalue weighted by atomic mass is 16.5. The van der Waals surface area contributed by atoms with Crippen LogP contribution in [-0.2, 0) is 16.9 Å². The van der Waals surface area contributed by atoms with Crippen molar-refractivity contribution in [3.05, 3.63) is 47.3 Å². The Hall–Kier alpha value is -2.83. The maximum atomic E-state index is 13.0. The van der Waals surface area contributed by atoms with Crippen LogP contribution >= 0.6 is 0 Å². The number of aromatic nitrogens is 1. The van der Waals surface area contributed by atoms with Crippen LogP contribution in [0.1, 0.15) is 30.4 Å². The third-order valence-corrected chi connectivity index (χ3v) is 4.28. The number of ether oxygens (including phenoxy) is 1. The number of nitrogens with one attached hydrogen (secondary N) is 1. The molecule has 24 heavy (non-hydrogen) atoms. The maximum absolute atomic E-state index is 13.0. The van der Waals surface area contributed by atoms with Crippen LogP contribution in [0.4, 0.5) is 4.79 Å². The number of carbonyl (C=O) groups is 2. The molecule has 1 aliphatic heterocycles. The number of hydrogen-bond donors (Lipinski definition) is 1. The molecule has 0 bridgehead atoms. The van der Waals surface area contributed by atoms with Crippen LogP contribution in [0.3, 0.4) is 0 Å². The molecule has 3 amide bonds. The van der Waals surface area contributed by atoms with Gasteiger partial charge in [0.25, 0.3) is 5.91 Å². The van der Waals surface area contributed by atoms with Crippen molar-refractivity contribution >= 4 is 11.9 Å². The van der Waals surface area contributed by atoms with Gasteiger partial charge in [0.15, 0.2) is 5.76 Å². The molecule has 3 rings (SSSR count). The van der Waals surface area contributed by atoms with Gasteiger partial charge in [-0.15, -0.1) is 0 Å². The van der Waals surface area contributed by atoms with Crippen molar-refractivity contribution in [1.82, 2.24) is 15.4 Å². The summed E-state index contributed by atoms with van der Waals surface area (Å²) in [5.41, 5.74) is 0.354. The molecular weight excluding hydrogens is 310 g/mol. The number of imide groups is 1. The van der Waals surface area contributed by atoms with Gasteiger partial charge in [0.2, 0.25) is 0 Å². The van der Waals surface area contributed by atoms with E-state index in [1.165, 1.54) is 0 Å². The summed E-state index contributed by atoms with van der Waals surface area (Å²) in [5, 5.41) is 6.62. The van der Waals surface area contributed by atoms with Crippen molar-refractivity contribution < 1.29 is 18.8 Å². The minimum Gasteiger partial charge on any atom is -0.497 e. The average molecular weight is 329 g/mol. The molecule has 2 heterocycles. The SMILES string of the molecule is CCC1(c2ccc(OC)cc2)NC(=O)N(Cc2cc(C)no2)C1=O. The molecule has 7 heteroatoms. The Morgan fingerprint density at radius 3 is 2.54 bits per heavy atom. The first kappa shape index (κ1) is 16.0. The van der Waals surface area contributed by atoms with Crippen LogP contribution in [0.15, 0.2) is 34.9 Å². The second-order valence-corrected chi connectivity index (χ2v) is 5.74. The molecule has 1 atom stereocenters. The van der Waals surface area contributed by atoms with Crippen LogP contribution in [0, 0.1) is 6.92 Å². The molecule has 7 nitrogen and oxygen atoms in total. The number of carbonyl (C=O) groups excluding carboxylic acids is 2. The van der Waals surface area contributed by atoms with Crippen molar-refractivity contribution in [2.75, 3.05) is 7.11 Å². The molecule has 0 radical (unpaired) electrons. The summed E-state index contributed by atoms with van der Waals surface area (Å²) < 4.78 is 10.3. The quantitative estimate of drug-likeness (QED) is 0.851. The van der Waals surface area contributed by atoms with Crippen molar-refractivity contribution in [2.24, 2.45) is 0 Å². The fourth-order valence-electron chi connectivity index (χ4n) is 2.93. The first-order valence-corrected chi connectivity index (χ1v) is 7.71. The Morgan fingerprint density at radius 1 is 1.29 bits per heavy atom. The van der Waals surface area contributed by atoms with Gasteiger partial charge in [-0.05, 0) is 31.0 Å². The summed E-state index contributed by atoms with van der Waals surface area (Å²) in [4.78, 5) is 26.5. The maximum Gasteiger partial charge on any atom is 0.325 e. The van der Waals surface area contributed by atoms with Gasteiger partial charge in [0.05, 0.1) is 19.3 Å². The summed E-state index contributed by atoms with van der Waals surface area (Å²) in [5.74, 6) is 0.864. The third-order valence-electron chi connectivity index (χ3n) is 4.28. The van der Waals surface area contributed by atoms with Gasteiger partial charge in [-0.25, -0.2) is 4.79 Å². The van der Waals surface area contributed by atoms with Crippen LogP contribution in [0.5, 0.6) is 5.75 Å². The number of nitrogens with zero attached hydrogens (tertiary/aromatic N) is 2. The topological polar surface area (TPSA) is 84.7 Å². The molecule has 1 unspecified atom stereocenters. The van der Waals surface area contributed by atoms with Crippen LogP contribution < -0.4 is 10.1 Å². The van der Waals surface area contributed by atoms with Crippen molar-refractivity contribution in [3.8, 4) is 5.75 Å². The van der Waals surface area contributed by atoms with E-state index in [9.17, 15) is 9.59 Å². The Balaban J connectivity index is 1.91. The number of amides is 3. The second kappa shape index (κ2) is 5.99. The fraction of sp³-hybridized carbons (Fsp3) is 0.353. The number of urea groups is 1. The normalized spacial score (nSPS) is 20.4. The van der Waals surface area contributed by atoms with E-state index in [1.54, 1.807) is 44.4 Å². The molecule has 2 aromatic rings. The van der Waals surface area contributed by atoms with E-state index in [2.05, 4.69) is 10.5 Å². The van der Waals surface area contributed by atoms with Crippen LogP contribution in [0.25, 0.3) is 0 Å². The molecule has 1 aromatic heterocycles. The van der Waals surface area contributed by atoms with E-state index in [4.69, 9.17) is 9.26 Å². The van der Waals surface area contributed by atoms with E-state index < -0.39 is 11.6 Å². The standard InChI is InChI=1S/C17H19N3O4/c1-4-17(12-5-7-13(23-3)8-6-12)15(21)20(16(22)18-17)10-14-9-11(2)19-24-14/h5-9H,4,10H2,1-3H3,(H,18,22). The highest BCUT2D eigenvalue weighted by Gasteiger charge is 2.51. The van der Waals surface area contributed by atoms with E-state index in [0.717, 1.165) is 10.5 Å². The number of methoxy groups -OCH3 is 1. The number of aryl methyl sites for hydroxylation is 1. The first-order valence-electron chi connectivity index (χ1n) is 7.71. The summed E-state index contributed by atoms with van der Waals surface area (Å²) in [6.07, 6.45) is 0.440. The van der Waals surface area contributed by atoms with Gasteiger partial charge in [0, 0.05) is 6.07 Å². The van der Waals surface area contributed by atoms with Gasteiger partial charge in [-0.2, -0.15) is 0 Å². The monoisotopic (exact) mass is 329 g/mol. The molecule has 126 valence electrons. The lowest BCUT2D eigenvalue weighted by molar-refractivity contribution is -0.132. The molecule has 0 spiro atoms. The molecule has 1 fully saturated rings. The number of rotatable bonds is 5. The van der Waals surface area contributed by atoms with E-state index in [0.29, 0.717) is 23.6 Å². The predicted molar refractivity (Wildman–Crippen MR) is 85.3 cm³/mol. The first-order chi connectivity index (χ1) is 11.5. The molecule has 1 saturated heterocycles. The van der Waals surface area contributed by atoms with Gasteiger partial charge in [-0.1, -0.05) is 24.2 Å². The molecule has 1 aliphatic rings. The fourth-order valence-corrected chi connectivity index (χ4v) is 2.93. The smallest absolute Gasteiger partial charge is 0.325 e. The van der Waals surface area contributed by atoms with Crippen molar-refractivity contribution in [3.63, 3.8) is 0 Å². The highest BCUT2D eigenvalue weighted by molar-refractivity contribution is 6.07. The molecule has 0 saturated carbocycles. The summed E-state index contributed by atoms with van der Waals surface area (Å²) in [7, 11) is 1.58. The summed E-state index contributed by atoms with van der Waals surface area (Å²) in [6, 6.07) is 8.40. The number of benzene rings is 1. The summed E-state index contributed by atoms with van der Waals surface area (Å²) >= 11 is 0. The zero-order valence-electron chi connectivity index (χ0n) is 13.8. The van der Waals surface area contributed by atoms with E-state index in [-0.39, 0.29) is 12.5 Å². The Bertz CT molecular complexity index is 768. The van der Waals surface area contributed by atoms with Gasteiger partial charge < -0.3 is 14.6 Å². The van der Waals surface area contributed by atoms with E-state index >= 15 is 0 Å². The van der Waals surface area contributed by atoms with Gasteiger partial charge in [0.1, 0.15) is 11.3 Å². The zero-order chi connectivity index (χ0) is 17.3. The van der Waals surface area contributed by atoms with Crippen molar-refractivity contribution in [1.29, 1.82) is 0 Å². The molecule has 1 N–H and O–H groups in total. The van der Waals surface area contributed by atoms with Gasteiger partial charge in [-0.3, -0.25) is 9.69 Å². The zero-order valence-corrected chi connectivity index (χ0v) is 13.8. The van der Waals surface area contributed by atoms with E-state index in [1.807, 2.05) is 6.92 Å². The molecule has 0 aliphatic carbocycles. The lowest BCUT2D eigenvalue weighted by atomic mass is 9.87. The molecule has 1 aromatic carbocycles. The average Bonchev–Trinajstić information content (AvgIpc) is 3.11. The lowest BCUT2D eigenvalue weighted by Crippen LogP contribution is -2.43. The van der Waals surface area contributed by atoms with Crippen LogP contribution in [0.2, 0.25) is 0 Å². The Labute approximate surface area is 139 Å². The minimum atomic E-state index is -1.07. The largest absolute Gasteiger partial charge is 0.497 e.